The average molecular weight is 441 g/mol. The van der Waals surface area contributed by atoms with Crippen LogP contribution in [0.2, 0.25) is 5.02 Å². The van der Waals surface area contributed by atoms with E-state index in [1.807, 2.05) is 24.0 Å². The van der Waals surface area contributed by atoms with Gasteiger partial charge in [-0.25, -0.2) is 14.4 Å². The van der Waals surface area contributed by atoms with Gasteiger partial charge in [-0.1, -0.05) is 11.6 Å². The lowest BCUT2D eigenvalue weighted by Crippen LogP contribution is -2.41. The minimum absolute atomic E-state index is 0.0424. The number of likely N-dealkylation sites (tertiary alicyclic amines) is 1. The van der Waals surface area contributed by atoms with E-state index >= 15 is 0 Å². The van der Waals surface area contributed by atoms with E-state index in [-0.39, 0.29) is 23.6 Å². The Kier molecular flexibility index (Phi) is 6.42. The maximum atomic E-state index is 13.4. The first kappa shape index (κ1) is 21.2. The fourth-order valence-electron chi connectivity index (χ4n) is 3.80. The van der Waals surface area contributed by atoms with Crippen LogP contribution in [0.5, 0.6) is 5.75 Å². The molecule has 0 radical (unpaired) electrons. The number of ether oxygens (including phenoxy) is 1. The number of rotatable bonds is 5. The Morgan fingerprint density at radius 3 is 2.84 bits per heavy atom. The molecule has 0 N–H and O–H groups in total. The Balaban J connectivity index is 1.58. The standard InChI is InChI=1S/C23H22ClFN4O2/c1-15-27-13-18(16-7-9-26-10-8-16)23(28-15)21-4-2-3-11-29(21)22(30)14-31-17-5-6-20(25)19(24)12-17/h5-10,12-13,21H,2-4,11,14H2,1H3. The molecular formula is C23H22ClFN4O2. The molecule has 0 bridgehead atoms. The van der Waals surface area contributed by atoms with Crippen molar-refractivity contribution in [1.82, 2.24) is 19.9 Å². The van der Waals surface area contributed by atoms with Gasteiger partial charge >= 0.3 is 0 Å². The Morgan fingerprint density at radius 1 is 1.26 bits per heavy atom. The molecule has 1 aliphatic heterocycles. The molecule has 0 saturated carbocycles. The molecule has 1 saturated heterocycles. The van der Waals surface area contributed by atoms with Crippen LogP contribution in [0.15, 0.2) is 48.9 Å². The van der Waals surface area contributed by atoms with Gasteiger partial charge < -0.3 is 9.64 Å². The monoisotopic (exact) mass is 440 g/mol. The predicted octanol–water partition coefficient (Wildman–Crippen LogP) is 4.77. The molecule has 4 rings (SSSR count). The molecule has 6 nitrogen and oxygen atoms in total. The summed E-state index contributed by atoms with van der Waals surface area (Å²) in [5.74, 6) is 0.327. The predicted molar refractivity (Wildman–Crippen MR) is 115 cm³/mol. The number of nitrogens with zero attached hydrogens (tertiary/aromatic N) is 4. The Hall–Kier alpha value is -3.06. The Morgan fingerprint density at radius 2 is 2.06 bits per heavy atom. The van der Waals surface area contributed by atoms with Gasteiger partial charge in [0.25, 0.3) is 5.91 Å². The zero-order chi connectivity index (χ0) is 21.8. The van der Waals surface area contributed by atoms with Crippen molar-refractivity contribution >= 4 is 17.5 Å². The van der Waals surface area contributed by atoms with Crippen LogP contribution in [-0.2, 0) is 4.79 Å². The fourth-order valence-corrected chi connectivity index (χ4v) is 3.97. The molecule has 3 aromatic rings. The number of benzene rings is 1. The summed E-state index contributed by atoms with van der Waals surface area (Å²) in [5, 5.41) is -0.0424. The molecule has 160 valence electrons. The summed E-state index contributed by atoms with van der Waals surface area (Å²) in [5.41, 5.74) is 2.68. The van der Waals surface area contributed by atoms with Crippen molar-refractivity contribution in [2.24, 2.45) is 0 Å². The highest BCUT2D eigenvalue weighted by molar-refractivity contribution is 6.30. The van der Waals surface area contributed by atoms with Gasteiger partial charge in [-0.2, -0.15) is 0 Å². The number of amides is 1. The average Bonchev–Trinajstić information content (AvgIpc) is 2.80. The van der Waals surface area contributed by atoms with Crippen molar-refractivity contribution < 1.29 is 13.9 Å². The van der Waals surface area contributed by atoms with Crippen LogP contribution in [-0.4, -0.2) is 38.9 Å². The number of piperidine rings is 1. The van der Waals surface area contributed by atoms with Crippen LogP contribution in [0.4, 0.5) is 4.39 Å². The summed E-state index contributed by atoms with van der Waals surface area (Å²) < 4.78 is 19.0. The normalized spacial score (nSPS) is 16.2. The number of aryl methyl sites for hydroxylation is 1. The molecule has 0 spiro atoms. The molecule has 3 heterocycles. The minimum atomic E-state index is -0.529. The zero-order valence-electron chi connectivity index (χ0n) is 17.1. The highest BCUT2D eigenvalue weighted by atomic mass is 35.5. The third kappa shape index (κ3) is 4.82. The molecule has 1 atom stereocenters. The lowest BCUT2D eigenvalue weighted by atomic mass is 9.94. The van der Waals surface area contributed by atoms with Gasteiger partial charge in [0, 0.05) is 36.8 Å². The summed E-state index contributed by atoms with van der Waals surface area (Å²) in [4.78, 5) is 28.1. The molecule has 1 aromatic carbocycles. The lowest BCUT2D eigenvalue weighted by molar-refractivity contribution is -0.137. The van der Waals surface area contributed by atoms with E-state index in [4.69, 9.17) is 21.3 Å². The summed E-state index contributed by atoms with van der Waals surface area (Å²) in [7, 11) is 0. The second-order valence-electron chi connectivity index (χ2n) is 7.42. The molecule has 1 fully saturated rings. The van der Waals surface area contributed by atoms with Gasteiger partial charge in [-0.3, -0.25) is 9.78 Å². The van der Waals surface area contributed by atoms with Gasteiger partial charge in [0.05, 0.1) is 16.8 Å². The highest BCUT2D eigenvalue weighted by Gasteiger charge is 2.31. The van der Waals surface area contributed by atoms with E-state index in [9.17, 15) is 9.18 Å². The SMILES string of the molecule is Cc1ncc(-c2ccncc2)c(C2CCCCN2C(=O)COc2ccc(F)c(Cl)c2)n1. The number of hydrogen-bond acceptors (Lipinski definition) is 5. The zero-order valence-corrected chi connectivity index (χ0v) is 17.8. The third-order valence-corrected chi connectivity index (χ3v) is 5.61. The van der Waals surface area contributed by atoms with Crippen LogP contribution < -0.4 is 4.74 Å². The molecular weight excluding hydrogens is 419 g/mol. The number of carbonyl (C=O) groups is 1. The lowest BCUT2D eigenvalue weighted by Gasteiger charge is -2.36. The second kappa shape index (κ2) is 9.39. The molecule has 8 heteroatoms. The number of pyridine rings is 1. The van der Waals surface area contributed by atoms with Crippen LogP contribution in [0.25, 0.3) is 11.1 Å². The summed E-state index contributed by atoms with van der Waals surface area (Å²) >= 11 is 5.80. The van der Waals surface area contributed by atoms with E-state index in [0.717, 1.165) is 36.1 Å². The van der Waals surface area contributed by atoms with Crippen molar-refractivity contribution in [1.29, 1.82) is 0 Å². The highest BCUT2D eigenvalue weighted by Crippen LogP contribution is 2.35. The van der Waals surface area contributed by atoms with Gasteiger partial charge in [-0.15, -0.1) is 0 Å². The van der Waals surface area contributed by atoms with Crippen molar-refractivity contribution in [3.05, 3.63) is 71.3 Å². The molecule has 0 aliphatic carbocycles. The van der Waals surface area contributed by atoms with E-state index in [1.54, 1.807) is 18.6 Å². The largest absolute Gasteiger partial charge is 0.484 e. The number of carbonyl (C=O) groups excluding carboxylic acids is 1. The smallest absolute Gasteiger partial charge is 0.261 e. The second-order valence-corrected chi connectivity index (χ2v) is 7.82. The molecule has 1 amide bonds. The van der Waals surface area contributed by atoms with E-state index < -0.39 is 5.82 Å². The van der Waals surface area contributed by atoms with Crippen LogP contribution in [0.3, 0.4) is 0 Å². The van der Waals surface area contributed by atoms with Crippen molar-refractivity contribution in [2.45, 2.75) is 32.2 Å². The van der Waals surface area contributed by atoms with Gasteiger partial charge in [0.15, 0.2) is 6.61 Å². The van der Waals surface area contributed by atoms with E-state index in [1.165, 1.54) is 18.2 Å². The van der Waals surface area contributed by atoms with Crippen molar-refractivity contribution in [3.63, 3.8) is 0 Å². The maximum Gasteiger partial charge on any atom is 0.261 e. The first-order valence-corrected chi connectivity index (χ1v) is 10.5. The van der Waals surface area contributed by atoms with Crippen LogP contribution in [0, 0.1) is 12.7 Å². The molecule has 31 heavy (non-hydrogen) atoms. The minimum Gasteiger partial charge on any atom is -0.484 e. The first-order valence-electron chi connectivity index (χ1n) is 10.1. The van der Waals surface area contributed by atoms with Crippen LogP contribution in [0.1, 0.15) is 36.8 Å². The van der Waals surface area contributed by atoms with E-state index in [2.05, 4.69) is 9.97 Å². The fraction of sp³-hybridized carbons (Fsp3) is 0.304. The topological polar surface area (TPSA) is 68.2 Å². The van der Waals surface area contributed by atoms with Crippen molar-refractivity contribution in [2.75, 3.05) is 13.2 Å². The number of aromatic nitrogens is 3. The first-order chi connectivity index (χ1) is 15.0. The summed E-state index contributed by atoms with van der Waals surface area (Å²) in [6, 6.07) is 7.69. The van der Waals surface area contributed by atoms with Crippen molar-refractivity contribution in [3.8, 4) is 16.9 Å². The molecule has 1 unspecified atom stereocenters. The number of halogens is 2. The summed E-state index contributed by atoms with van der Waals surface area (Å²) in [6.45, 7) is 2.30. The maximum absolute atomic E-state index is 13.4. The third-order valence-electron chi connectivity index (χ3n) is 5.32. The van der Waals surface area contributed by atoms with Gasteiger partial charge in [-0.05, 0) is 56.0 Å². The number of hydrogen-bond donors (Lipinski definition) is 0. The molecule has 1 aliphatic rings. The van der Waals surface area contributed by atoms with E-state index in [0.29, 0.717) is 18.1 Å². The molecule has 2 aromatic heterocycles. The van der Waals surface area contributed by atoms with Crippen LogP contribution >= 0.6 is 11.6 Å². The summed E-state index contributed by atoms with van der Waals surface area (Å²) in [6.07, 6.45) is 7.99. The quantitative estimate of drug-likeness (QED) is 0.571. The Labute approximate surface area is 185 Å². The van der Waals surface area contributed by atoms with Gasteiger partial charge in [0.2, 0.25) is 0 Å². The van der Waals surface area contributed by atoms with Gasteiger partial charge in [0.1, 0.15) is 17.4 Å². The Bertz CT molecular complexity index is 1080.